The fraction of sp³-hybridized carbons (Fsp3) is 0.500. The first-order chi connectivity index (χ1) is 9.75. The van der Waals surface area contributed by atoms with Crippen LogP contribution < -0.4 is 5.73 Å². The smallest absolute Gasteiger partial charge is 0.152 e. The zero-order chi connectivity index (χ0) is 15.8. The van der Waals surface area contributed by atoms with Gasteiger partial charge in [-0.05, 0) is 24.6 Å². The number of nitrogens with two attached hydrogens (primary N) is 1. The molecule has 1 aliphatic rings. The number of ether oxygens (including phenoxy) is 1. The van der Waals surface area contributed by atoms with Crippen molar-refractivity contribution in [3.63, 3.8) is 0 Å². The molecule has 0 spiro atoms. The van der Waals surface area contributed by atoms with Crippen LogP contribution in [0.2, 0.25) is 0 Å². The minimum absolute atomic E-state index is 0.0978. The van der Waals surface area contributed by atoms with Crippen molar-refractivity contribution < 1.29 is 17.5 Å². The van der Waals surface area contributed by atoms with Crippen molar-refractivity contribution in [3.05, 3.63) is 35.6 Å². The summed E-state index contributed by atoms with van der Waals surface area (Å²) in [6.07, 6.45) is 1.15. The van der Waals surface area contributed by atoms with Crippen LogP contribution in [0.5, 0.6) is 0 Å². The van der Waals surface area contributed by atoms with E-state index in [-0.39, 0.29) is 11.6 Å². The number of rotatable bonds is 6. The third-order valence-electron chi connectivity index (χ3n) is 3.93. The molecular weight excluding hydrogens is 313 g/mol. The van der Waals surface area contributed by atoms with Gasteiger partial charge in [0.2, 0.25) is 0 Å². The van der Waals surface area contributed by atoms with Gasteiger partial charge in [0.05, 0.1) is 22.3 Å². The van der Waals surface area contributed by atoms with Crippen LogP contribution in [0.15, 0.2) is 24.3 Å². The van der Waals surface area contributed by atoms with Gasteiger partial charge in [0.25, 0.3) is 0 Å². The zero-order valence-corrected chi connectivity index (χ0v) is 13.5. The Labute approximate surface area is 129 Å². The minimum Gasteiger partial charge on any atom is -0.393 e. The Kier molecular flexibility index (Phi) is 4.37. The molecule has 0 saturated heterocycles. The third kappa shape index (κ3) is 2.82. The fourth-order valence-corrected chi connectivity index (χ4v) is 5.32. The summed E-state index contributed by atoms with van der Waals surface area (Å²) in [7, 11) is -3.39. The van der Waals surface area contributed by atoms with Crippen LogP contribution in [0.1, 0.15) is 18.4 Å². The maximum absolute atomic E-state index is 13.4. The molecule has 1 aromatic carbocycles. The topological polar surface area (TPSA) is 69.4 Å². The minimum atomic E-state index is -3.39. The molecule has 0 aromatic heterocycles. The number of sulfone groups is 1. The molecule has 2 rings (SSSR count). The summed E-state index contributed by atoms with van der Waals surface area (Å²) in [5, 5.41) is -0.768. The summed E-state index contributed by atoms with van der Waals surface area (Å²) < 4.78 is 43.0. The molecule has 2 N–H and O–H groups in total. The molecule has 1 saturated carbocycles. The van der Waals surface area contributed by atoms with E-state index in [1.807, 2.05) is 6.92 Å². The summed E-state index contributed by atoms with van der Waals surface area (Å²) in [6.45, 7) is 2.36. The molecule has 0 bridgehead atoms. The summed E-state index contributed by atoms with van der Waals surface area (Å²) in [5.41, 5.74) is 5.45. The van der Waals surface area contributed by atoms with Crippen molar-refractivity contribution in [2.45, 2.75) is 18.1 Å². The Morgan fingerprint density at radius 3 is 2.67 bits per heavy atom. The first kappa shape index (κ1) is 16.3. The molecule has 0 radical (unpaired) electrons. The van der Waals surface area contributed by atoms with Crippen LogP contribution in [-0.2, 0) is 14.6 Å². The van der Waals surface area contributed by atoms with E-state index in [9.17, 15) is 12.8 Å². The van der Waals surface area contributed by atoms with Gasteiger partial charge in [-0.2, -0.15) is 0 Å². The Balaban J connectivity index is 2.49. The van der Waals surface area contributed by atoms with Gasteiger partial charge in [-0.1, -0.05) is 24.4 Å². The Morgan fingerprint density at radius 1 is 1.52 bits per heavy atom. The second-order valence-corrected chi connectivity index (χ2v) is 7.93. The maximum atomic E-state index is 13.4. The van der Waals surface area contributed by atoms with E-state index in [0.717, 1.165) is 6.26 Å². The van der Waals surface area contributed by atoms with Gasteiger partial charge in [0.1, 0.15) is 5.82 Å². The lowest BCUT2D eigenvalue weighted by atomic mass is 10.00. The predicted molar refractivity (Wildman–Crippen MR) is 83.5 cm³/mol. The molecule has 0 aliphatic heterocycles. The van der Waals surface area contributed by atoms with Crippen LogP contribution in [0.4, 0.5) is 4.39 Å². The van der Waals surface area contributed by atoms with E-state index in [1.54, 1.807) is 12.1 Å². The number of thiocarbonyl (C=S) groups is 1. The van der Waals surface area contributed by atoms with Crippen LogP contribution in [0.25, 0.3) is 0 Å². The SMILES string of the molecule is CCOC[C@]1(C(N)=S)[C@@H](c2cccc(F)c2)[C@@H]1S(C)(=O)=O. The van der Waals surface area contributed by atoms with Gasteiger partial charge in [-0.25, -0.2) is 12.8 Å². The summed E-state index contributed by atoms with van der Waals surface area (Å²) in [6, 6.07) is 5.88. The maximum Gasteiger partial charge on any atom is 0.152 e. The first-order valence-electron chi connectivity index (χ1n) is 6.57. The molecule has 3 atom stereocenters. The molecule has 7 heteroatoms. The zero-order valence-electron chi connectivity index (χ0n) is 11.9. The van der Waals surface area contributed by atoms with Gasteiger partial charge < -0.3 is 10.5 Å². The highest BCUT2D eigenvalue weighted by Crippen LogP contribution is 2.63. The lowest BCUT2D eigenvalue weighted by molar-refractivity contribution is 0.121. The number of hydrogen-bond donors (Lipinski definition) is 1. The van der Waals surface area contributed by atoms with Crippen molar-refractivity contribution >= 4 is 27.0 Å². The highest BCUT2D eigenvalue weighted by Gasteiger charge is 2.72. The summed E-state index contributed by atoms with van der Waals surface area (Å²) in [5.74, 6) is -0.882. The second kappa shape index (κ2) is 5.62. The predicted octanol–water partition coefficient (Wildman–Crippen LogP) is 1.65. The van der Waals surface area contributed by atoms with Gasteiger partial charge in [-0.15, -0.1) is 0 Å². The van der Waals surface area contributed by atoms with E-state index in [0.29, 0.717) is 12.2 Å². The number of hydrogen-bond acceptors (Lipinski definition) is 4. The largest absolute Gasteiger partial charge is 0.393 e. The molecule has 1 aliphatic carbocycles. The molecule has 116 valence electrons. The van der Waals surface area contributed by atoms with Crippen molar-refractivity contribution in [2.24, 2.45) is 11.1 Å². The van der Waals surface area contributed by atoms with Gasteiger partial charge in [0, 0.05) is 18.8 Å². The van der Waals surface area contributed by atoms with Gasteiger partial charge in [-0.3, -0.25) is 0 Å². The van der Waals surface area contributed by atoms with Crippen LogP contribution in [0.3, 0.4) is 0 Å². The van der Waals surface area contributed by atoms with Crippen molar-refractivity contribution in [3.8, 4) is 0 Å². The van der Waals surface area contributed by atoms with Gasteiger partial charge in [0.15, 0.2) is 9.84 Å². The van der Waals surface area contributed by atoms with E-state index < -0.39 is 32.2 Å². The monoisotopic (exact) mass is 331 g/mol. The van der Waals surface area contributed by atoms with E-state index in [1.165, 1.54) is 12.1 Å². The Bertz CT molecular complexity index is 662. The first-order valence-corrected chi connectivity index (χ1v) is 8.93. The summed E-state index contributed by atoms with van der Waals surface area (Å²) in [4.78, 5) is 0.0978. The Morgan fingerprint density at radius 2 is 2.19 bits per heavy atom. The highest BCUT2D eigenvalue weighted by molar-refractivity contribution is 7.92. The molecule has 1 aromatic rings. The van der Waals surface area contributed by atoms with Crippen LogP contribution >= 0.6 is 12.2 Å². The van der Waals surface area contributed by atoms with E-state index in [2.05, 4.69) is 0 Å². The van der Waals surface area contributed by atoms with E-state index >= 15 is 0 Å². The lowest BCUT2D eigenvalue weighted by Crippen LogP contribution is -2.33. The lowest BCUT2D eigenvalue weighted by Gasteiger charge is -2.16. The molecule has 1 fully saturated rings. The third-order valence-corrected chi connectivity index (χ3v) is 5.92. The fourth-order valence-electron chi connectivity index (χ4n) is 3.01. The molecule has 21 heavy (non-hydrogen) atoms. The number of halogens is 1. The highest BCUT2D eigenvalue weighted by atomic mass is 32.2. The van der Waals surface area contributed by atoms with Crippen LogP contribution in [-0.4, -0.2) is 38.1 Å². The number of benzene rings is 1. The van der Waals surface area contributed by atoms with E-state index in [4.69, 9.17) is 22.7 Å². The molecular formula is C14H18FNO3S2. The van der Waals surface area contributed by atoms with Gasteiger partial charge >= 0.3 is 0 Å². The van der Waals surface area contributed by atoms with Crippen LogP contribution in [0, 0.1) is 11.2 Å². The average Bonchev–Trinajstić information content (AvgIpc) is 3.07. The Hall–Kier alpha value is -1.05. The van der Waals surface area contributed by atoms with Crippen molar-refractivity contribution in [1.29, 1.82) is 0 Å². The molecule has 0 heterocycles. The quantitative estimate of drug-likeness (QED) is 0.803. The standard InChI is InChI=1S/C14H18FNO3S2/c1-3-19-8-14(13(16)20)11(12(14)21(2,17)18)9-5-4-6-10(15)7-9/h4-7,11-12H,3,8H2,1-2H3,(H2,16,20)/t11-,12-,14-/m0/s1. The van der Waals surface area contributed by atoms with Crippen molar-refractivity contribution in [2.75, 3.05) is 19.5 Å². The average molecular weight is 331 g/mol. The van der Waals surface area contributed by atoms with Crippen molar-refractivity contribution in [1.82, 2.24) is 0 Å². The second-order valence-electron chi connectivity index (χ2n) is 5.32. The molecule has 4 nitrogen and oxygen atoms in total. The molecule has 0 amide bonds. The normalized spacial score (nSPS) is 28.3. The summed E-state index contributed by atoms with van der Waals surface area (Å²) >= 11 is 5.10. The molecule has 0 unspecified atom stereocenters.